The number of methoxy groups -OCH3 is 1. The molecule has 1 N–H and O–H groups in total. The Bertz CT molecular complexity index is 454. The van der Waals surface area contributed by atoms with Crippen LogP contribution < -0.4 is 0 Å². The summed E-state index contributed by atoms with van der Waals surface area (Å²) in [6, 6.07) is 8.57. The first-order valence-corrected chi connectivity index (χ1v) is 5.51. The van der Waals surface area contributed by atoms with Crippen LogP contribution in [0.15, 0.2) is 24.3 Å². The summed E-state index contributed by atoms with van der Waals surface area (Å²) in [5.74, 6) is -0.290. The van der Waals surface area contributed by atoms with Gasteiger partial charge in [0.05, 0.1) is 29.9 Å². The summed E-state index contributed by atoms with van der Waals surface area (Å²) < 4.78 is 4.79. The molecule has 5 heteroatoms. The molecule has 1 aromatic carbocycles. The van der Waals surface area contributed by atoms with Crippen LogP contribution >= 0.6 is 0 Å². The fourth-order valence-electron chi connectivity index (χ4n) is 1.62. The fraction of sp³-hybridized carbons (Fsp3) is 0.385. The zero-order valence-corrected chi connectivity index (χ0v) is 10.5. The Hall–Kier alpha value is -1.90. The summed E-state index contributed by atoms with van der Waals surface area (Å²) in [4.78, 5) is 13.5. The molecule has 0 aromatic heterocycles. The van der Waals surface area contributed by atoms with Crippen LogP contribution in [0.1, 0.15) is 15.9 Å². The Morgan fingerprint density at radius 3 is 2.83 bits per heavy atom. The molecule has 1 aromatic rings. The first-order chi connectivity index (χ1) is 8.60. The molecule has 18 heavy (non-hydrogen) atoms. The van der Waals surface area contributed by atoms with Gasteiger partial charge in [0, 0.05) is 20.7 Å². The first-order valence-electron chi connectivity index (χ1n) is 5.51. The van der Waals surface area contributed by atoms with E-state index in [0.29, 0.717) is 11.1 Å². The third-order valence-electron chi connectivity index (χ3n) is 2.47. The van der Waals surface area contributed by atoms with Crippen molar-refractivity contribution in [2.24, 2.45) is 0 Å². The number of benzene rings is 1. The van der Waals surface area contributed by atoms with E-state index in [1.165, 1.54) is 12.0 Å². The maximum atomic E-state index is 12.1. The molecule has 0 saturated heterocycles. The number of aliphatic hydroxyl groups excluding tert-OH is 1. The number of rotatable bonds is 5. The summed E-state index contributed by atoms with van der Waals surface area (Å²) >= 11 is 0. The summed E-state index contributed by atoms with van der Waals surface area (Å²) in [7, 11) is 3.06. The number of carbonyl (C=O) groups is 1. The first kappa shape index (κ1) is 14.2. The van der Waals surface area contributed by atoms with Crippen molar-refractivity contribution in [1.82, 2.24) is 4.90 Å². The van der Waals surface area contributed by atoms with Gasteiger partial charge in [-0.25, -0.2) is 0 Å². The number of amides is 1. The molecule has 0 aliphatic carbocycles. The highest BCUT2D eigenvalue weighted by molar-refractivity contribution is 5.96. The molecule has 1 rings (SSSR count). The standard InChI is InChI=1S/C13H16N2O3/c1-15(8-11(16)9-18-2)13(17)12-6-4-3-5-10(12)7-14/h3-6,11,16H,8-9H2,1-2H3. The molecule has 1 atom stereocenters. The van der Waals surface area contributed by atoms with Gasteiger partial charge in [0.1, 0.15) is 0 Å². The predicted octanol–water partition coefficient (Wildman–Crippen LogP) is 0.638. The Morgan fingerprint density at radius 1 is 1.56 bits per heavy atom. The minimum Gasteiger partial charge on any atom is -0.389 e. The number of aliphatic hydroxyl groups is 1. The van der Waals surface area contributed by atoms with Crippen LogP contribution in [0, 0.1) is 11.3 Å². The van der Waals surface area contributed by atoms with Gasteiger partial charge in [-0.2, -0.15) is 5.26 Å². The normalized spacial score (nSPS) is 11.7. The minimum atomic E-state index is -0.738. The van der Waals surface area contributed by atoms with E-state index >= 15 is 0 Å². The van der Waals surface area contributed by atoms with Crippen molar-refractivity contribution in [3.8, 4) is 6.07 Å². The molecule has 0 aliphatic heterocycles. The lowest BCUT2D eigenvalue weighted by Crippen LogP contribution is -2.36. The van der Waals surface area contributed by atoms with Crippen molar-refractivity contribution in [3.05, 3.63) is 35.4 Å². The van der Waals surface area contributed by atoms with Crippen molar-refractivity contribution < 1.29 is 14.6 Å². The Balaban J connectivity index is 2.78. The summed E-state index contributed by atoms with van der Waals surface area (Å²) in [5, 5.41) is 18.5. The maximum Gasteiger partial charge on any atom is 0.255 e. The molecule has 0 bridgehead atoms. The van der Waals surface area contributed by atoms with Gasteiger partial charge in [-0.15, -0.1) is 0 Å². The molecule has 0 fully saturated rings. The molecule has 1 unspecified atom stereocenters. The number of nitrogens with zero attached hydrogens (tertiary/aromatic N) is 2. The van der Waals surface area contributed by atoms with E-state index in [1.54, 1.807) is 31.3 Å². The van der Waals surface area contributed by atoms with Crippen molar-refractivity contribution in [2.75, 3.05) is 27.3 Å². The molecule has 96 valence electrons. The minimum absolute atomic E-state index is 0.159. The Morgan fingerprint density at radius 2 is 2.22 bits per heavy atom. The number of hydrogen-bond acceptors (Lipinski definition) is 4. The number of hydrogen-bond donors (Lipinski definition) is 1. The van der Waals surface area contributed by atoms with E-state index in [-0.39, 0.29) is 19.1 Å². The molecule has 0 saturated carbocycles. The lowest BCUT2D eigenvalue weighted by atomic mass is 10.1. The lowest BCUT2D eigenvalue weighted by Gasteiger charge is -2.20. The average molecular weight is 248 g/mol. The predicted molar refractivity (Wildman–Crippen MR) is 66.0 cm³/mol. The van der Waals surface area contributed by atoms with Crippen LogP contribution in [0.25, 0.3) is 0 Å². The fourth-order valence-corrected chi connectivity index (χ4v) is 1.62. The van der Waals surface area contributed by atoms with E-state index in [1.807, 2.05) is 6.07 Å². The third-order valence-corrected chi connectivity index (χ3v) is 2.47. The van der Waals surface area contributed by atoms with Crippen LogP contribution in [0.3, 0.4) is 0 Å². The second-order valence-corrected chi connectivity index (χ2v) is 3.95. The highest BCUT2D eigenvalue weighted by Crippen LogP contribution is 2.10. The van der Waals surface area contributed by atoms with E-state index in [9.17, 15) is 9.90 Å². The van der Waals surface area contributed by atoms with Gasteiger partial charge < -0.3 is 14.7 Å². The molecule has 1 amide bonds. The molecule has 0 spiro atoms. The molecule has 0 aliphatic rings. The zero-order chi connectivity index (χ0) is 13.5. The van der Waals surface area contributed by atoms with Crippen LogP contribution in [-0.4, -0.2) is 49.3 Å². The molecular formula is C13H16N2O3. The van der Waals surface area contributed by atoms with Crippen LogP contribution in [0.4, 0.5) is 0 Å². The van der Waals surface area contributed by atoms with Crippen molar-refractivity contribution >= 4 is 5.91 Å². The molecule has 0 heterocycles. The number of likely N-dealkylation sites (N-methyl/N-ethyl adjacent to an activating group) is 1. The zero-order valence-electron chi connectivity index (χ0n) is 10.5. The SMILES string of the molecule is COCC(O)CN(C)C(=O)c1ccccc1C#N. The Labute approximate surface area is 106 Å². The molecule has 0 radical (unpaired) electrons. The van der Waals surface area contributed by atoms with Gasteiger partial charge >= 0.3 is 0 Å². The maximum absolute atomic E-state index is 12.1. The van der Waals surface area contributed by atoms with E-state index in [0.717, 1.165) is 0 Å². The summed E-state index contributed by atoms with van der Waals surface area (Å²) in [6.45, 7) is 0.323. The second kappa shape index (κ2) is 6.74. The van der Waals surface area contributed by atoms with Gasteiger partial charge in [0.2, 0.25) is 0 Å². The van der Waals surface area contributed by atoms with Gasteiger partial charge in [-0.1, -0.05) is 12.1 Å². The van der Waals surface area contributed by atoms with Gasteiger partial charge in [0.15, 0.2) is 0 Å². The van der Waals surface area contributed by atoms with Crippen LogP contribution in [-0.2, 0) is 4.74 Å². The van der Waals surface area contributed by atoms with E-state index in [4.69, 9.17) is 10.00 Å². The monoisotopic (exact) mass is 248 g/mol. The third kappa shape index (κ3) is 3.55. The highest BCUT2D eigenvalue weighted by atomic mass is 16.5. The smallest absolute Gasteiger partial charge is 0.255 e. The van der Waals surface area contributed by atoms with Crippen molar-refractivity contribution in [2.45, 2.75) is 6.10 Å². The Kier molecular flexibility index (Phi) is 5.31. The second-order valence-electron chi connectivity index (χ2n) is 3.95. The lowest BCUT2D eigenvalue weighted by molar-refractivity contribution is 0.0380. The van der Waals surface area contributed by atoms with Crippen LogP contribution in [0.2, 0.25) is 0 Å². The van der Waals surface area contributed by atoms with Crippen LogP contribution in [0.5, 0.6) is 0 Å². The number of carbonyl (C=O) groups excluding carboxylic acids is 1. The van der Waals surface area contributed by atoms with E-state index in [2.05, 4.69) is 0 Å². The topological polar surface area (TPSA) is 73.6 Å². The number of nitriles is 1. The summed E-state index contributed by atoms with van der Waals surface area (Å²) in [6.07, 6.45) is -0.738. The average Bonchev–Trinajstić information content (AvgIpc) is 2.38. The van der Waals surface area contributed by atoms with Gasteiger partial charge in [-0.05, 0) is 12.1 Å². The molecular weight excluding hydrogens is 232 g/mol. The van der Waals surface area contributed by atoms with E-state index < -0.39 is 6.10 Å². The van der Waals surface area contributed by atoms with Crippen molar-refractivity contribution in [1.29, 1.82) is 5.26 Å². The number of ether oxygens (including phenoxy) is 1. The summed E-state index contributed by atoms with van der Waals surface area (Å²) in [5.41, 5.74) is 0.669. The van der Waals surface area contributed by atoms with Crippen molar-refractivity contribution in [3.63, 3.8) is 0 Å². The van der Waals surface area contributed by atoms with Gasteiger partial charge in [0.25, 0.3) is 5.91 Å². The quantitative estimate of drug-likeness (QED) is 0.829. The molecule has 5 nitrogen and oxygen atoms in total. The largest absolute Gasteiger partial charge is 0.389 e. The highest BCUT2D eigenvalue weighted by Gasteiger charge is 2.17. The van der Waals surface area contributed by atoms with Gasteiger partial charge in [-0.3, -0.25) is 4.79 Å².